The van der Waals surface area contributed by atoms with E-state index in [-0.39, 0.29) is 29.8 Å². The van der Waals surface area contributed by atoms with E-state index in [0.29, 0.717) is 18.5 Å². The Morgan fingerprint density at radius 2 is 2.00 bits per heavy atom. The van der Waals surface area contributed by atoms with E-state index in [9.17, 15) is 4.79 Å². The average molecular weight is 369 g/mol. The number of methoxy groups -OCH3 is 1. The number of fused-ring (bicyclic) bond motifs is 1. The largest absolute Gasteiger partial charge is 0.497 e. The Bertz CT molecular complexity index is 579. The predicted octanol–water partition coefficient (Wildman–Crippen LogP) is 0.965. The van der Waals surface area contributed by atoms with Crippen molar-refractivity contribution < 1.29 is 9.53 Å². The van der Waals surface area contributed by atoms with Crippen LogP contribution in [0.3, 0.4) is 0 Å². The molecule has 3 rings (SSSR count). The van der Waals surface area contributed by atoms with Crippen molar-refractivity contribution in [1.29, 1.82) is 0 Å². The second-order valence-electron chi connectivity index (χ2n) is 7.36. The van der Waals surface area contributed by atoms with Crippen molar-refractivity contribution in [2.24, 2.45) is 5.92 Å². The van der Waals surface area contributed by atoms with Crippen LogP contribution in [0.25, 0.3) is 0 Å². The molecule has 6 nitrogen and oxygen atoms in total. The fourth-order valence-electron chi connectivity index (χ4n) is 3.54. The minimum Gasteiger partial charge on any atom is -0.497 e. The molecule has 25 heavy (non-hydrogen) atoms. The van der Waals surface area contributed by atoms with Gasteiger partial charge in [-0.05, 0) is 30.7 Å². The van der Waals surface area contributed by atoms with E-state index in [4.69, 9.17) is 4.74 Å². The number of piperidine rings is 1. The third-order valence-corrected chi connectivity index (χ3v) is 5.24. The molecule has 1 amide bonds. The zero-order chi connectivity index (χ0) is 17.2. The van der Waals surface area contributed by atoms with E-state index < -0.39 is 0 Å². The minimum atomic E-state index is -0.172. The molecule has 0 saturated carbocycles. The van der Waals surface area contributed by atoms with Gasteiger partial charge in [0, 0.05) is 30.5 Å². The lowest BCUT2D eigenvalue weighted by molar-refractivity contribution is -0.124. The van der Waals surface area contributed by atoms with Gasteiger partial charge in [0.2, 0.25) is 5.91 Å². The number of hydrazine groups is 1. The maximum Gasteiger partial charge on any atom is 0.238 e. The summed E-state index contributed by atoms with van der Waals surface area (Å²) in [5.41, 5.74) is 7.48. The number of ether oxygens (including phenoxy) is 1. The predicted molar refractivity (Wildman–Crippen MR) is 101 cm³/mol. The summed E-state index contributed by atoms with van der Waals surface area (Å²) in [6.07, 6.45) is 1.05. The number of benzene rings is 1. The Hall–Kier alpha value is -1.34. The zero-order valence-corrected chi connectivity index (χ0v) is 15.9. The number of carbonyl (C=O) groups excluding carboxylic acids is 1. The van der Waals surface area contributed by atoms with Crippen molar-refractivity contribution in [3.8, 4) is 5.75 Å². The molecule has 0 aliphatic carbocycles. The van der Waals surface area contributed by atoms with Gasteiger partial charge in [-0.25, -0.2) is 5.43 Å². The maximum absolute atomic E-state index is 12.6. The number of carbonyl (C=O) groups is 1. The third kappa shape index (κ3) is 4.44. The first-order valence-electron chi connectivity index (χ1n) is 8.65. The third-order valence-electron chi connectivity index (χ3n) is 5.24. The Morgan fingerprint density at radius 1 is 1.28 bits per heavy atom. The van der Waals surface area contributed by atoms with Gasteiger partial charge >= 0.3 is 0 Å². The summed E-state index contributed by atoms with van der Waals surface area (Å²) in [6, 6.07) is 8.24. The summed E-state index contributed by atoms with van der Waals surface area (Å²) < 4.78 is 5.21. The van der Waals surface area contributed by atoms with Crippen molar-refractivity contribution in [2.45, 2.75) is 37.8 Å². The Balaban J connectivity index is 0.00000225. The normalized spacial score (nSPS) is 25.6. The number of halogens is 1. The molecule has 0 spiro atoms. The molecule has 1 aromatic carbocycles. The van der Waals surface area contributed by atoms with Crippen molar-refractivity contribution in [3.63, 3.8) is 0 Å². The van der Waals surface area contributed by atoms with Gasteiger partial charge in [0.05, 0.1) is 7.11 Å². The first kappa shape index (κ1) is 20.0. The minimum absolute atomic E-state index is 0. The fraction of sp³-hybridized carbons (Fsp3) is 0.611. The van der Waals surface area contributed by atoms with Crippen molar-refractivity contribution >= 4 is 18.3 Å². The SMILES string of the molecule is COc1ccc(C(C)(C)CNC(=O)C2NNC3CCNCC32)cc1.Cl. The van der Waals surface area contributed by atoms with Gasteiger partial charge in [0.1, 0.15) is 11.8 Å². The zero-order valence-electron chi connectivity index (χ0n) is 15.1. The Kier molecular flexibility index (Phi) is 6.68. The molecule has 0 radical (unpaired) electrons. The highest BCUT2D eigenvalue weighted by Crippen LogP contribution is 2.25. The molecular weight excluding hydrogens is 340 g/mol. The lowest BCUT2D eigenvalue weighted by Gasteiger charge is -2.29. The molecule has 4 N–H and O–H groups in total. The first-order valence-corrected chi connectivity index (χ1v) is 8.65. The van der Waals surface area contributed by atoms with Crippen LogP contribution in [0.5, 0.6) is 5.75 Å². The lowest BCUT2D eigenvalue weighted by Crippen LogP contribution is -2.51. The van der Waals surface area contributed by atoms with Gasteiger partial charge in [-0.2, -0.15) is 0 Å². The molecule has 2 aliphatic heterocycles. The molecule has 1 aromatic rings. The first-order chi connectivity index (χ1) is 11.5. The van der Waals surface area contributed by atoms with Gasteiger partial charge in [-0.1, -0.05) is 26.0 Å². The lowest BCUT2D eigenvalue weighted by atomic mass is 9.84. The highest BCUT2D eigenvalue weighted by Gasteiger charge is 2.41. The quantitative estimate of drug-likeness (QED) is 0.623. The van der Waals surface area contributed by atoms with Crippen LogP contribution in [-0.4, -0.2) is 44.7 Å². The number of rotatable bonds is 5. The summed E-state index contributed by atoms with van der Waals surface area (Å²) in [7, 11) is 1.66. The van der Waals surface area contributed by atoms with Gasteiger partial charge < -0.3 is 15.4 Å². The van der Waals surface area contributed by atoms with Gasteiger partial charge in [-0.3, -0.25) is 10.2 Å². The van der Waals surface area contributed by atoms with Gasteiger partial charge in [0.15, 0.2) is 0 Å². The van der Waals surface area contributed by atoms with Crippen LogP contribution in [0.4, 0.5) is 0 Å². The standard InChI is InChI=1S/C18H28N4O2.ClH/c1-18(2,12-4-6-13(24-3)7-5-12)11-20-17(23)16-14-10-19-9-8-15(14)21-22-16;/h4-7,14-16,19,21-22H,8-11H2,1-3H3,(H,20,23);1H. The Morgan fingerprint density at radius 3 is 2.68 bits per heavy atom. The molecule has 2 saturated heterocycles. The van der Waals surface area contributed by atoms with Gasteiger partial charge in [-0.15, -0.1) is 12.4 Å². The number of hydrogen-bond acceptors (Lipinski definition) is 5. The maximum atomic E-state index is 12.6. The summed E-state index contributed by atoms with van der Waals surface area (Å²) in [6.45, 7) is 6.77. The Labute approximate surface area is 155 Å². The molecule has 0 bridgehead atoms. The highest BCUT2D eigenvalue weighted by atomic mass is 35.5. The molecule has 140 valence electrons. The molecule has 3 atom stereocenters. The van der Waals surface area contributed by atoms with E-state index in [0.717, 1.165) is 25.3 Å². The van der Waals surface area contributed by atoms with Crippen LogP contribution < -0.4 is 26.2 Å². The van der Waals surface area contributed by atoms with E-state index in [2.05, 4.69) is 47.5 Å². The second kappa shape index (κ2) is 8.36. The monoisotopic (exact) mass is 368 g/mol. The van der Waals surface area contributed by atoms with Gasteiger partial charge in [0.25, 0.3) is 0 Å². The molecule has 2 fully saturated rings. The summed E-state index contributed by atoms with van der Waals surface area (Å²) in [4.78, 5) is 12.6. The van der Waals surface area contributed by atoms with E-state index >= 15 is 0 Å². The molecule has 3 unspecified atom stereocenters. The number of nitrogens with one attached hydrogen (secondary N) is 4. The molecule has 2 heterocycles. The second-order valence-corrected chi connectivity index (χ2v) is 7.36. The van der Waals surface area contributed by atoms with Crippen LogP contribution in [0.2, 0.25) is 0 Å². The van der Waals surface area contributed by atoms with Crippen LogP contribution in [-0.2, 0) is 10.2 Å². The molecule has 0 aromatic heterocycles. The van der Waals surface area contributed by atoms with Crippen molar-refractivity contribution in [1.82, 2.24) is 21.5 Å². The van der Waals surface area contributed by atoms with Crippen LogP contribution >= 0.6 is 12.4 Å². The topological polar surface area (TPSA) is 74.4 Å². The van der Waals surface area contributed by atoms with E-state index in [1.807, 2.05) is 12.1 Å². The number of amides is 1. The fourth-order valence-corrected chi connectivity index (χ4v) is 3.54. The van der Waals surface area contributed by atoms with Crippen molar-refractivity contribution in [2.75, 3.05) is 26.7 Å². The summed E-state index contributed by atoms with van der Waals surface area (Å²) in [5, 5.41) is 6.50. The summed E-state index contributed by atoms with van der Waals surface area (Å²) in [5.74, 6) is 1.22. The highest BCUT2D eigenvalue weighted by molar-refractivity contribution is 5.85. The molecular formula is C18H29ClN4O2. The van der Waals surface area contributed by atoms with E-state index in [1.54, 1.807) is 7.11 Å². The van der Waals surface area contributed by atoms with Crippen molar-refractivity contribution in [3.05, 3.63) is 29.8 Å². The number of hydrogen-bond donors (Lipinski definition) is 4. The van der Waals surface area contributed by atoms with Crippen LogP contribution in [0.15, 0.2) is 24.3 Å². The van der Waals surface area contributed by atoms with E-state index in [1.165, 1.54) is 5.56 Å². The molecule has 2 aliphatic rings. The smallest absolute Gasteiger partial charge is 0.238 e. The van der Waals surface area contributed by atoms with Crippen LogP contribution in [0, 0.1) is 5.92 Å². The summed E-state index contributed by atoms with van der Waals surface area (Å²) >= 11 is 0. The average Bonchev–Trinajstić information content (AvgIpc) is 3.04. The van der Waals surface area contributed by atoms with Crippen LogP contribution in [0.1, 0.15) is 25.8 Å². The molecule has 7 heteroatoms.